The van der Waals surface area contributed by atoms with E-state index < -0.39 is 29.4 Å². The lowest BCUT2D eigenvalue weighted by molar-refractivity contribution is -0.274. The first-order valence-corrected chi connectivity index (χ1v) is 9.61. The SMILES string of the molecule is COc1ccc2c(-c3cccc(OC(F)(F)F)c3)nn(-c3ccc(C(F)(F)F)cc3)c(=O)c2c1. The van der Waals surface area contributed by atoms with Gasteiger partial charge in [-0.1, -0.05) is 12.1 Å². The molecule has 3 aromatic carbocycles. The van der Waals surface area contributed by atoms with Crippen molar-refractivity contribution in [2.24, 2.45) is 0 Å². The second kappa shape index (κ2) is 8.40. The third kappa shape index (κ3) is 4.68. The summed E-state index contributed by atoms with van der Waals surface area (Å²) in [5.41, 5.74) is -1.22. The summed E-state index contributed by atoms with van der Waals surface area (Å²) in [5, 5.41) is 4.68. The molecule has 0 aliphatic carbocycles. The average Bonchev–Trinajstić information content (AvgIpc) is 2.78. The molecule has 11 heteroatoms. The lowest BCUT2D eigenvalue weighted by Gasteiger charge is -2.14. The molecule has 0 spiro atoms. The Kier molecular flexibility index (Phi) is 5.72. The topological polar surface area (TPSA) is 53.4 Å². The molecule has 0 unspecified atom stereocenters. The van der Waals surface area contributed by atoms with Gasteiger partial charge in [-0.3, -0.25) is 4.79 Å². The fraction of sp³-hybridized carbons (Fsp3) is 0.130. The van der Waals surface area contributed by atoms with Crippen LogP contribution < -0.4 is 15.0 Å². The number of alkyl halides is 6. The van der Waals surface area contributed by atoms with Crippen LogP contribution in [0.3, 0.4) is 0 Å². The van der Waals surface area contributed by atoms with Crippen molar-refractivity contribution in [3.63, 3.8) is 0 Å². The minimum atomic E-state index is -4.92. The fourth-order valence-electron chi connectivity index (χ4n) is 3.37. The van der Waals surface area contributed by atoms with Gasteiger partial charge < -0.3 is 9.47 Å². The Hall–Kier alpha value is -4.02. The van der Waals surface area contributed by atoms with Crippen molar-refractivity contribution in [3.8, 4) is 28.4 Å². The molecular formula is C23H14F6N2O3. The summed E-state index contributed by atoms with van der Waals surface area (Å²) < 4.78 is 86.9. The van der Waals surface area contributed by atoms with Crippen LogP contribution in [0.25, 0.3) is 27.7 Å². The second-order valence-electron chi connectivity index (χ2n) is 7.10. The van der Waals surface area contributed by atoms with Crippen molar-refractivity contribution in [1.29, 1.82) is 0 Å². The summed E-state index contributed by atoms with van der Waals surface area (Å²) in [5.74, 6) is -0.171. The highest BCUT2D eigenvalue weighted by Crippen LogP contribution is 2.33. The number of nitrogens with zero attached hydrogens (tertiary/aromatic N) is 2. The summed E-state index contributed by atoms with van der Waals surface area (Å²) in [6.45, 7) is 0. The minimum Gasteiger partial charge on any atom is -0.497 e. The maximum absolute atomic E-state index is 13.2. The van der Waals surface area contributed by atoms with Crippen LogP contribution in [0.15, 0.2) is 71.5 Å². The van der Waals surface area contributed by atoms with Crippen molar-refractivity contribution >= 4 is 10.8 Å². The minimum absolute atomic E-state index is 0.0340. The highest BCUT2D eigenvalue weighted by molar-refractivity contribution is 5.95. The fourth-order valence-corrected chi connectivity index (χ4v) is 3.37. The second-order valence-corrected chi connectivity index (χ2v) is 7.10. The predicted octanol–water partition coefficient (Wildman–Crippen LogP) is 5.98. The van der Waals surface area contributed by atoms with Crippen molar-refractivity contribution in [3.05, 3.63) is 82.6 Å². The van der Waals surface area contributed by atoms with Gasteiger partial charge in [0.15, 0.2) is 0 Å². The summed E-state index contributed by atoms with van der Waals surface area (Å²) >= 11 is 0. The normalized spacial score (nSPS) is 12.1. The molecule has 1 heterocycles. The number of benzene rings is 3. The van der Waals surface area contributed by atoms with E-state index in [1.165, 1.54) is 31.4 Å². The van der Waals surface area contributed by atoms with Crippen LogP contribution in [0.5, 0.6) is 11.5 Å². The Morgan fingerprint density at radius 3 is 2.15 bits per heavy atom. The molecule has 0 aliphatic rings. The van der Waals surface area contributed by atoms with Crippen LogP contribution in [0.4, 0.5) is 26.3 Å². The molecule has 0 saturated heterocycles. The standard InChI is InChI=1S/C23H14F6N2O3/c1-33-16-9-10-18-19(12-16)21(32)31(15-7-5-14(6-8-15)22(24,25)26)30-20(18)13-3-2-4-17(11-13)34-23(27,28)29/h2-12H,1H3. The number of hydrogen-bond acceptors (Lipinski definition) is 4. The van der Waals surface area contributed by atoms with Gasteiger partial charge in [-0.25, -0.2) is 0 Å². The third-order valence-electron chi connectivity index (χ3n) is 4.88. The monoisotopic (exact) mass is 480 g/mol. The van der Waals surface area contributed by atoms with Gasteiger partial charge in [0.25, 0.3) is 5.56 Å². The van der Waals surface area contributed by atoms with E-state index in [1.807, 2.05) is 0 Å². The maximum Gasteiger partial charge on any atom is 0.573 e. The predicted molar refractivity (Wildman–Crippen MR) is 111 cm³/mol. The van der Waals surface area contributed by atoms with E-state index in [9.17, 15) is 31.1 Å². The summed E-state index contributed by atoms with van der Waals surface area (Å²) in [6.07, 6.45) is -9.49. The highest BCUT2D eigenvalue weighted by Gasteiger charge is 2.31. The molecule has 34 heavy (non-hydrogen) atoms. The number of aromatic nitrogens is 2. The molecule has 0 radical (unpaired) electrons. The van der Waals surface area contributed by atoms with E-state index in [2.05, 4.69) is 9.84 Å². The molecule has 4 aromatic rings. The van der Waals surface area contributed by atoms with Crippen molar-refractivity contribution in [2.75, 3.05) is 7.11 Å². The Morgan fingerprint density at radius 1 is 0.824 bits per heavy atom. The van der Waals surface area contributed by atoms with Gasteiger partial charge in [-0.15, -0.1) is 13.2 Å². The molecular weight excluding hydrogens is 466 g/mol. The van der Waals surface area contributed by atoms with Crippen LogP contribution in [0.1, 0.15) is 5.56 Å². The molecule has 0 atom stereocenters. The average molecular weight is 480 g/mol. The molecule has 0 bridgehead atoms. The van der Waals surface area contributed by atoms with Gasteiger partial charge >= 0.3 is 12.5 Å². The maximum atomic E-state index is 13.2. The van der Waals surface area contributed by atoms with Gasteiger partial charge in [0.2, 0.25) is 0 Å². The van der Waals surface area contributed by atoms with Gasteiger partial charge in [-0.05, 0) is 54.6 Å². The Morgan fingerprint density at radius 2 is 1.53 bits per heavy atom. The van der Waals surface area contributed by atoms with E-state index in [1.54, 1.807) is 6.07 Å². The number of fused-ring (bicyclic) bond motifs is 1. The Bertz CT molecular complexity index is 1410. The number of rotatable bonds is 4. The number of halogens is 6. The zero-order valence-corrected chi connectivity index (χ0v) is 17.2. The summed E-state index contributed by atoms with van der Waals surface area (Å²) in [7, 11) is 1.38. The molecule has 0 fully saturated rings. The Labute approximate surface area is 187 Å². The van der Waals surface area contributed by atoms with Gasteiger partial charge in [-0.2, -0.15) is 23.0 Å². The van der Waals surface area contributed by atoms with E-state index in [0.29, 0.717) is 11.1 Å². The number of ether oxygens (including phenoxy) is 2. The molecule has 4 rings (SSSR count). The molecule has 0 amide bonds. The zero-order valence-electron chi connectivity index (χ0n) is 17.2. The summed E-state index contributed by atoms with van der Waals surface area (Å²) in [6, 6.07) is 13.2. The van der Waals surface area contributed by atoms with E-state index in [0.717, 1.165) is 41.1 Å². The first kappa shape index (κ1) is 23.1. The van der Waals surface area contributed by atoms with Crippen molar-refractivity contribution in [1.82, 2.24) is 9.78 Å². The largest absolute Gasteiger partial charge is 0.573 e. The van der Waals surface area contributed by atoms with Crippen LogP contribution >= 0.6 is 0 Å². The number of methoxy groups -OCH3 is 1. The van der Waals surface area contributed by atoms with Crippen LogP contribution in [-0.4, -0.2) is 23.3 Å². The first-order chi connectivity index (χ1) is 16.0. The van der Waals surface area contributed by atoms with E-state index in [-0.39, 0.29) is 22.3 Å². The molecule has 0 N–H and O–H groups in total. The van der Waals surface area contributed by atoms with Crippen LogP contribution in [0.2, 0.25) is 0 Å². The smallest absolute Gasteiger partial charge is 0.497 e. The van der Waals surface area contributed by atoms with Crippen LogP contribution in [-0.2, 0) is 6.18 Å². The van der Waals surface area contributed by atoms with E-state index in [4.69, 9.17) is 4.74 Å². The molecule has 176 valence electrons. The van der Waals surface area contributed by atoms with Gasteiger partial charge in [0.1, 0.15) is 11.5 Å². The lowest BCUT2D eigenvalue weighted by atomic mass is 10.0. The molecule has 1 aromatic heterocycles. The van der Waals surface area contributed by atoms with E-state index >= 15 is 0 Å². The van der Waals surface area contributed by atoms with Crippen LogP contribution in [0, 0.1) is 0 Å². The molecule has 0 aliphatic heterocycles. The van der Waals surface area contributed by atoms with Crippen molar-refractivity contribution < 1.29 is 35.8 Å². The highest BCUT2D eigenvalue weighted by atomic mass is 19.4. The molecule has 5 nitrogen and oxygen atoms in total. The molecule has 0 saturated carbocycles. The van der Waals surface area contributed by atoms with Gasteiger partial charge in [0.05, 0.1) is 29.4 Å². The van der Waals surface area contributed by atoms with Crippen molar-refractivity contribution in [2.45, 2.75) is 12.5 Å². The quantitative estimate of drug-likeness (QED) is 0.338. The zero-order chi connectivity index (χ0) is 24.7. The first-order valence-electron chi connectivity index (χ1n) is 9.61. The summed E-state index contributed by atoms with van der Waals surface area (Å²) in [4.78, 5) is 13.2. The van der Waals surface area contributed by atoms with Gasteiger partial charge in [0, 0.05) is 10.9 Å². The Balaban J connectivity index is 1.95. The number of hydrogen-bond donors (Lipinski definition) is 0. The lowest BCUT2D eigenvalue weighted by Crippen LogP contribution is -2.22. The third-order valence-corrected chi connectivity index (χ3v) is 4.88.